The van der Waals surface area contributed by atoms with Gasteiger partial charge in [-0.15, -0.1) is 0 Å². The standard InChI is InChI=1S/C16H29NO4/c1-5-9-15(3,17-4)14(19)20-12-13(18)21-16(6-2)10-7-8-11-16/h17H,5-12H2,1-4H3. The van der Waals surface area contributed by atoms with Crippen molar-refractivity contribution in [3.63, 3.8) is 0 Å². The minimum atomic E-state index is -0.745. The van der Waals surface area contributed by atoms with Gasteiger partial charge < -0.3 is 14.8 Å². The highest BCUT2D eigenvalue weighted by Gasteiger charge is 2.37. The van der Waals surface area contributed by atoms with Crippen molar-refractivity contribution in [1.82, 2.24) is 5.32 Å². The first-order valence-electron chi connectivity index (χ1n) is 7.99. The first-order valence-corrected chi connectivity index (χ1v) is 7.99. The Labute approximate surface area is 127 Å². The third-order valence-electron chi connectivity index (χ3n) is 4.56. The molecule has 1 unspecified atom stereocenters. The maximum Gasteiger partial charge on any atom is 0.344 e. The largest absolute Gasteiger partial charge is 0.457 e. The number of hydrogen-bond acceptors (Lipinski definition) is 5. The van der Waals surface area contributed by atoms with Gasteiger partial charge in [0.15, 0.2) is 6.61 Å². The molecule has 0 amide bonds. The number of hydrogen-bond donors (Lipinski definition) is 1. The van der Waals surface area contributed by atoms with Crippen LogP contribution in [0.3, 0.4) is 0 Å². The van der Waals surface area contributed by atoms with Gasteiger partial charge in [-0.05, 0) is 52.5 Å². The maximum atomic E-state index is 12.1. The predicted octanol–water partition coefficient (Wildman–Crippen LogP) is 2.57. The number of carbonyl (C=O) groups is 2. The minimum absolute atomic E-state index is 0.304. The van der Waals surface area contributed by atoms with Gasteiger partial charge in [0, 0.05) is 0 Å². The SMILES string of the molecule is CCCC(C)(NC)C(=O)OCC(=O)OC1(CC)CCCC1. The van der Waals surface area contributed by atoms with Gasteiger partial charge in [-0.1, -0.05) is 20.3 Å². The lowest BCUT2D eigenvalue weighted by atomic mass is 9.97. The van der Waals surface area contributed by atoms with Crippen LogP contribution in [0.2, 0.25) is 0 Å². The molecule has 0 bridgehead atoms. The van der Waals surface area contributed by atoms with Crippen LogP contribution < -0.4 is 5.32 Å². The van der Waals surface area contributed by atoms with Crippen LogP contribution in [-0.2, 0) is 19.1 Å². The molecule has 1 N–H and O–H groups in total. The molecule has 1 aliphatic rings. The second-order valence-electron chi connectivity index (χ2n) is 6.13. The van der Waals surface area contributed by atoms with Gasteiger partial charge >= 0.3 is 11.9 Å². The number of likely N-dealkylation sites (N-methyl/N-ethyl adjacent to an activating group) is 1. The summed E-state index contributed by atoms with van der Waals surface area (Å²) >= 11 is 0. The van der Waals surface area contributed by atoms with Crippen molar-refractivity contribution in [3.8, 4) is 0 Å². The normalized spacial score (nSPS) is 19.8. The molecule has 0 spiro atoms. The lowest BCUT2D eigenvalue weighted by Gasteiger charge is -2.29. The molecule has 1 saturated carbocycles. The van der Waals surface area contributed by atoms with E-state index in [4.69, 9.17) is 9.47 Å². The molecule has 0 heterocycles. The Balaban J connectivity index is 2.47. The zero-order valence-electron chi connectivity index (χ0n) is 13.8. The molecular weight excluding hydrogens is 270 g/mol. The van der Waals surface area contributed by atoms with Crippen molar-refractivity contribution in [2.45, 2.75) is 76.9 Å². The fourth-order valence-electron chi connectivity index (χ4n) is 2.93. The van der Waals surface area contributed by atoms with Crippen LogP contribution in [0.5, 0.6) is 0 Å². The van der Waals surface area contributed by atoms with E-state index in [9.17, 15) is 9.59 Å². The molecule has 0 radical (unpaired) electrons. The molecule has 5 heteroatoms. The van der Waals surface area contributed by atoms with Crippen molar-refractivity contribution in [1.29, 1.82) is 0 Å². The van der Waals surface area contributed by atoms with Crippen LogP contribution in [-0.4, -0.2) is 36.7 Å². The minimum Gasteiger partial charge on any atom is -0.457 e. The van der Waals surface area contributed by atoms with Crippen LogP contribution in [0.25, 0.3) is 0 Å². The highest BCUT2D eigenvalue weighted by atomic mass is 16.6. The summed E-state index contributed by atoms with van der Waals surface area (Å²) in [5.41, 5.74) is -1.08. The molecule has 0 aliphatic heterocycles. The topological polar surface area (TPSA) is 64.6 Å². The second kappa shape index (κ2) is 7.78. The monoisotopic (exact) mass is 299 g/mol. The van der Waals surface area contributed by atoms with E-state index in [1.165, 1.54) is 0 Å². The van der Waals surface area contributed by atoms with E-state index in [1.807, 2.05) is 13.8 Å². The lowest BCUT2D eigenvalue weighted by Crippen LogP contribution is -2.49. The fourth-order valence-corrected chi connectivity index (χ4v) is 2.93. The van der Waals surface area contributed by atoms with E-state index in [1.54, 1.807) is 14.0 Å². The average molecular weight is 299 g/mol. The summed E-state index contributed by atoms with van der Waals surface area (Å²) in [5.74, 6) is -0.845. The van der Waals surface area contributed by atoms with Gasteiger partial charge in [-0.25, -0.2) is 4.79 Å². The molecule has 1 rings (SSSR count). The van der Waals surface area contributed by atoms with Gasteiger partial charge in [0.05, 0.1) is 0 Å². The first-order chi connectivity index (χ1) is 9.91. The van der Waals surface area contributed by atoms with Gasteiger partial charge in [0.1, 0.15) is 11.1 Å². The summed E-state index contributed by atoms with van der Waals surface area (Å²) in [4.78, 5) is 24.0. The Bertz CT molecular complexity index is 363. The Kier molecular flexibility index (Phi) is 6.65. The lowest BCUT2D eigenvalue weighted by molar-refractivity contribution is -0.172. The van der Waals surface area contributed by atoms with E-state index in [0.29, 0.717) is 6.42 Å². The summed E-state index contributed by atoms with van der Waals surface area (Å²) in [6.45, 7) is 5.52. The molecule has 0 aromatic heterocycles. The van der Waals surface area contributed by atoms with Gasteiger partial charge in [0.2, 0.25) is 0 Å². The third kappa shape index (κ3) is 4.70. The Hall–Kier alpha value is -1.10. The summed E-state index contributed by atoms with van der Waals surface area (Å²) in [6, 6.07) is 0. The average Bonchev–Trinajstić information content (AvgIpc) is 2.93. The molecule has 1 fully saturated rings. The van der Waals surface area contributed by atoms with Crippen LogP contribution in [0.4, 0.5) is 0 Å². The van der Waals surface area contributed by atoms with Gasteiger partial charge in [-0.3, -0.25) is 4.79 Å². The van der Waals surface area contributed by atoms with Crippen molar-refractivity contribution in [2.75, 3.05) is 13.7 Å². The molecule has 21 heavy (non-hydrogen) atoms. The molecular formula is C16H29NO4. The van der Waals surface area contributed by atoms with Crippen LogP contribution in [0, 0.1) is 0 Å². The smallest absolute Gasteiger partial charge is 0.344 e. The number of esters is 2. The van der Waals surface area contributed by atoms with Crippen molar-refractivity contribution in [2.24, 2.45) is 0 Å². The summed E-state index contributed by atoms with van der Waals surface area (Å²) < 4.78 is 10.7. The predicted molar refractivity (Wildman–Crippen MR) is 80.9 cm³/mol. The van der Waals surface area contributed by atoms with E-state index < -0.39 is 17.5 Å². The van der Waals surface area contributed by atoms with E-state index in [2.05, 4.69) is 5.32 Å². The molecule has 0 aromatic rings. The summed E-state index contributed by atoms with van der Waals surface area (Å²) in [6.07, 6.45) is 6.34. The molecule has 122 valence electrons. The second-order valence-corrected chi connectivity index (χ2v) is 6.13. The molecule has 0 saturated heterocycles. The zero-order valence-corrected chi connectivity index (χ0v) is 13.8. The van der Waals surface area contributed by atoms with Gasteiger partial charge in [-0.2, -0.15) is 0 Å². The molecule has 1 aliphatic carbocycles. The third-order valence-corrected chi connectivity index (χ3v) is 4.56. The Morgan fingerprint density at radius 2 is 1.86 bits per heavy atom. The van der Waals surface area contributed by atoms with Crippen LogP contribution in [0.15, 0.2) is 0 Å². The number of rotatable bonds is 8. The van der Waals surface area contributed by atoms with Gasteiger partial charge in [0.25, 0.3) is 0 Å². The molecule has 5 nitrogen and oxygen atoms in total. The first kappa shape index (κ1) is 18.0. The Morgan fingerprint density at radius 3 is 2.33 bits per heavy atom. The quantitative estimate of drug-likeness (QED) is 0.698. The van der Waals surface area contributed by atoms with Crippen molar-refractivity contribution >= 4 is 11.9 Å². The summed E-state index contributed by atoms with van der Waals surface area (Å²) in [7, 11) is 1.72. The number of nitrogens with one attached hydrogen (secondary N) is 1. The van der Waals surface area contributed by atoms with Crippen molar-refractivity contribution < 1.29 is 19.1 Å². The molecule has 0 aromatic carbocycles. The highest BCUT2D eigenvalue weighted by Crippen LogP contribution is 2.35. The van der Waals surface area contributed by atoms with Crippen LogP contribution in [0.1, 0.15) is 65.7 Å². The Morgan fingerprint density at radius 1 is 1.24 bits per heavy atom. The van der Waals surface area contributed by atoms with E-state index in [0.717, 1.165) is 38.5 Å². The number of carbonyl (C=O) groups excluding carboxylic acids is 2. The number of ether oxygens (including phenoxy) is 2. The maximum absolute atomic E-state index is 12.1. The van der Waals surface area contributed by atoms with Crippen LogP contribution >= 0.6 is 0 Å². The zero-order chi connectivity index (χ0) is 15.9. The van der Waals surface area contributed by atoms with E-state index in [-0.39, 0.29) is 12.2 Å². The molecule has 1 atom stereocenters. The van der Waals surface area contributed by atoms with Crippen molar-refractivity contribution in [3.05, 3.63) is 0 Å². The summed E-state index contributed by atoms with van der Waals surface area (Å²) in [5, 5.41) is 2.97. The highest BCUT2D eigenvalue weighted by molar-refractivity contribution is 5.83. The fraction of sp³-hybridized carbons (Fsp3) is 0.875. The van der Waals surface area contributed by atoms with E-state index >= 15 is 0 Å².